The molecule has 0 aromatic carbocycles. The van der Waals surface area contributed by atoms with Crippen molar-refractivity contribution in [1.82, 2.24) is 4.90 Å². The minimum atomic E-state index is 0.275. The van der Waals surface area contributed by atoms with Gasteiger partial charge in [0.1, 0.15) is 0 Å². The minimum Gasteiger partial charge on any atom is -0.298 e. The Morgan fingerprint density at radius 3 is 1.89 bits per heavy atom. The van der Waals surface area contributed by atoms with Crippen LogP contribution < -0.4 is 0 Å². The number of nitrogens with zero attached hydrogens (tertiary/aromatic N) is 1. The minimum absolute atomic E-state index is 0.275. The standard InChI is InChI=1S/C14H15NOS2/c1-15-6-12(10-2-4-17-8-10)14(16)13(7-15)11-3-5-18-9-11/h2-5H,6-9H2,1H3. The highest BCUT2D eigenvalue weighted by molar-refractivity contribution is 8.02. The van der Waals surface area contributed by atoms with Crippen LogP contribution in [-0.4, -0.2) is 42.3 Å². The molecule has 0 amide bonds. The molecule has 0 atom stereocenters. The van der Waals surface area contributed by atoms with E-state index in [0.717, 1.165) is 35.7 Å². The van der Waals surface area contributed by atoms with Crippen molar-refractivity contribution in [3.63, 3.8) is 0 Å². The van der Waals surface area contributed by atoms with E-state index in [2.05, 4.69) is 34.9 Å². The summed E-state index contributed by atoms with van der Waals surface area (Å²) in [5.41, 5.74) is 4.42. The lowest BCUT2D eigenvalue weighted by Crippen LogP contribution is -2.36. The summed E-state index contributed by atoms with van der Waals surface area (Å²) in [6.45, 7) is 1.57. The zero-order valence-corrected chi connectivity index (χ0v) is 11.9. The Morgan fingerprint density at radius 2 is 1.50 bits per heavy atom. The van der Waals surface area contributed by atoms with Crippen LogP contribution in [0.1, 0.15) is 0 Å². The van der Waals surface area contributed by atoms with Gasteiger partial charge in [0.05, 0.1) is 0 Å². The van der Waals surface area contributed by atoms with E-state index in [1.165, 1.54) is 11.1 Å². The average Bonchev–Trinajstić information content (AvgIpc) is 3.02. The molecule has 3 heterocycles. The molecule has 0 N–H and O–H groups in total. The second-order valence-electron chi connectivity index (χ2n) is 4.74. The first-order valence-electron chi connectivity index (χ1n) is 5.99. The van der Waals surface area contributed by atoms with Crippen LogP contribution in [0, 0.1) is 0 Å². The van der Waals surface area contributed by atoms with Crippen LogP contribution in [-0.2, 0) is 4.79 Å². The van der Waals surface area contributed by atoms with Crippen molar-refractivity contribution in [3.05, 3.63) is 45.3 Å². The summed E-state index contributed by atoms with van der Waals surface area (Å²) in [6.07, 6.45) is 4.19. The van der Waals surface area contributed by atoms with Crippen LogP contribution in [0.2, 0.25) is 0 Å². The molecule has 3 aliphatic heterocycles. The fraction of sp³-hybridized carbons (Fsp3) is 0.357. The molecule has 18 heavy (non-hydrogen) atoms. The first-order chi connectivity index (χ1) is 8.75. The molecule has 0 bridgehead atoms. The molecule has 3 aliphatic rings. The number of allylic oxidation sites excluding steroid dienone is 2. The zero-order valence-electron chi connectivity index (χ0n) is 10.3. The van der Waals surface area contributed by atoms with E-state index in [-0.39, 0.29) is 5.78 Å². The number of carbonyl (C=O) groups excluding carboxylic acids is 1. The molecule has 3 rings (SSSR count). The van der Waals surface area contributed by atoms with Crippen LogP contribution in [0.5, 0.6) is 0 Å². The van der Waals surface area contributed by atoms with Gasteiger partial charge in [-0.25, -0.2) is 0 Å². The molecule has 1 saturated heterocycles. The van der Waals surface area contributed by atoms with E-state index >= 15 is 0 Å². The maximum absolute atomic E-state index is 12.6. The Balaban J connectivity index is 2.01. The second kappa shape index (κ2) is 5.11. The fourth-order valence-electron chi connectivity index (χ4n) is 2.42. The smallest absolute Gasteiger partial charge is 0.188 e. The van der Waals surface area contributed by atoms with Gasteiger partial charge in [-0.2, -0.15) is 0 Å². The summed E-state index contributed by atoms with van der Waals surface area (Å²) in [5, 5.41) is 4.17. The first kappa shape index (κ1) is 12.3. The van der Waals surface area contributed by atoms with Gasteiger partial charge in [0, 0.05) is 35.7 Å². The van der Waals surface area contributed by atoms with Crippen molar-refractivity contribution in [2.45, 2.75) is 0 Å². The molecule has 0 spiro atoms. The Morgan fingerprint density at radius 1 is 1.00 bits per heavy atom. The van der Waals surface area contributed by atoms with Gasteiger partial charge >= 0.3 is 0 Å². The van der Waals surface area contributed by atoms with Crippen molar-refractivity contribution in [1.29, 1.82) is 0 Å². The Hall–Kier alpha value is -0.710. The van der Waals surface area contributed by atoms with Crippen LogP contribution >= 0.6 is 23.5 Å². The maximum atomic E-state index is 12.6. The molecule has 4 heteroatoms. The van der Waals surface area contributed by atoms with Gasteiger partial charge < -0.3 is 0 Å². The summed E-state index contributed by atoms with van der Waals surface area (Å²) < 4.78 is 0. The van der Waals surface area contributed by atoms with Crippen LogP contribution in [0.15, 0.2) is 45.3 Å². The van der Waals surface area contributed by atoms with Crippen molar-refractivity contribution >= 4 is 29.3 Å². The Labute approximate surface area is 116 Å². The van der Waals surface area contributed by atoms with Crippen LogP contribution in [0.25, 0.3) is 0 Å². The van der Waals surface area contributed by atoms with E-state index in [9.17, 15) is 4.79 Å². The van der Waals surface area contributed by atoms with Gasteiger partial charge in [-0.3, -0.25) is 9.69 Å². The maximum Gasteiger partial charge on any atom is 0.188 e. The quantitative estimate of drug-likeness (QED) is 0.634. The summed E-state index contributed by atoms with van der Waals surface area (Å²) in [5.74, 6) is 2.17. The van der Waals surface area contributed by atoms with Crippen LogP contribution in [0.4, 0.5) is 0 Å². The number of rotatable bonds is 0. The molecule has 2 nitrogen and oxygen atoms in total. The highest BCUT2D eigenvalue weighted by Gasteiger charge is 2.28. The van der Waals surface area contributed by atoms with Crippen molar-refractivity contribution < 1.29 is 4.79 Å². The van der Waals surface area contributed by atoms with Gasteiger partial charge in [0.2, 0.25) is 0 Å². The predicted molar refractivity (Wildman–Crippen MR) is 79.8 cm³/mol. The van der Waals surface area contributed by atoms with E-state index < -0.39 is 0 Å². The molecule has 0 radical (unpaired) electrons. The highest BCUT2D eigenvalue weighted by atomic mass is 32.2. The predicted octanol–water partition coefficient (Wildman–Crippen LogP) is 2.62. The van der Waals surface area contributed by atoms with Crippen molar-refractivity contribution in [2.75, 3.05) is 31.6 Å². The topological polar surface area (TPSA) is 20.3 Å². The average molecular weight is 277 g/mol. The fourth-order valence-corrected chi connectivity index (χ4v) is 4.04. The Kier molecular flexibility index (Phi) is 3.50. The lowest BCUT2D eigenvalue weighted by atomic mass is 9.91. The first-order valence-corrected chi connectivity index (χ1v) is 8.09. The van der Waals surface area contributed by atoms with Gasteiger partial charge in [-0.1, -0.05) is 12.2 Å². The van der Waals surface area contributed by atoms with E-state index in [1.54, 1.807) is 23.5 Å². The van der Waals surface area contributed by atoms with Crippen molar-refractivity contribution in [3.8, 4) is 0 Å². The second-order valence-corrected chi connectivity index (χ2v) is 6.52. The normalized spacial score (nSPS) is 32.8. The van der Waals surface area contributed by atoms with Gasteiger partial charge in [-0.05, 0) is 29.0 Å². The molecule has 0 aromatic heterocycles. The Bertz CT molecular complexity index is 470. The molecular weight excluding hydrogens is 262 g/mol. The highest BCUT2D eigenvalue weighted by Crippen LogP contribution is 2.31. The zero-order chi connectivity index (χ0) is 12.5. The number of Topliss-reactive ketones (excluding diaryl/α,β-unsaturated/α-hetero) is 1. The third-order valence-corrected chi connectivity index (χ3v) is 5.00. The summed E-state index contributed by atoms with van der Waals surface area (Å²) in [4.78, 5) is 14.9. The SMILES string of the molecule is CN1CC(=C2C=CSC2)C(=O)C(=C2C=CSC2)C1. The van der Waals surface area contributed by atoms with E-state index in [1.807, 2.05) is 0 Å². The van der Waals surface area contributed by atoms with E-state index in [0.29, 0.717) is 0 Å². The van der Waals surface area contributed by atoms with Gasteiger partial charge in [0.25, 0.3) is 0 Å². The summed E-state index contributed by atoms with van der Waals surface area (Å²) >= 11 is 3.54. The summed E-state index contributed by atoms with van der Waals surface area (Å²) in [6, 6.07) is 0. The lowest BCUT2D eigenvalue weighted by molar-refractivity contribution is -0.113. The number of ketones is 1. The number of piperidine rings is 1. The van der Waals surface area contributed by atoms with Crippen LogP contribution in [0.3, 0.4) is 0 Å². The lowest BCUT2D eigenvalue weighted by Gasteiger charge is -2.28. The van der Waals surface area contributed by atoms with Gasteiger partial charge in [0.15, 0.2) is 5.78 Å². The molecule has 1 fully saturated rings. The molecule has 0 unspecified atom stereocenters. The van der Waals surface area contributed by atoms with Gasteiger partial charge in [-0.15, -0.1) is 23.5 Å². The summed E-state index contributed by atoms with van der Waals surface area (Å²) in [7, 11) is 2.09. The number of likely N-dealkylation sites (N-methyl/N-ethyl adjacent to an activating group) is 1. The monoisotopic (exact) mass is 277 g/mol. The molecular formula is C14H15NOS2. The molecule has 0 aliphatic carbocycles. The third-order valence-electron chi connectivity index (χ3n) is 3.39. The molecule has 94 valence electrons. The number of likely N-dealkylation sites (tertiary alicyclic amines) is 1. The number of thioether (sulfide) groups is 2. The number of hydrogen-bond donors (Lipinski definition) is 0. The number of carbonyl (C=O) groups is 1. The number of hydrogen-bond acceptors (Lipinski definition) is 4. The molecule has 0 saturated carbocycles. The largest absolute Gasteiger partial charge is 0.298 e. The molecule has 0 aromatic rings. The third kappa shape index (κ3) is 2.25. The van der Waals surface area contributed by atoms with E-state index in [4.69, 9.17) is 0 Å². The van der Waals surface area contributed by atoms with Crippen molar-refractivity contribution in [2.24, 2.45) is 0 Å².